The van der Waals surface area contributed by atoms with E-state index in [9.17, 15) is 14.4 Å². The fourth-order valence-electron chi connectivity index (χ4n) is 4.14. The number of nitrogens with zero attached hydrogens (tertiary/aromatic N) is 1. The van der Waals surface area contributed by atoms with Crippen LogP contribution >= 0.6 is 11.8 Å². The van der Waals surface area contributed by atoms with Crippen LogP contribution in [0.4, 0.5) is 4.79 Å². The van der Waals surface area contributed by atoms with Crippen LogP contribution in [0.3, 0.4) is 0 Å². The van der Waals surface area contributed by atoms with Gasteiger partial charge in [-0.25, -0.2) is 4.79 Å². The van der Waals surface area contributed by atoms with Gasteiger partial charge in [0.2, 0.25) is 11.8 Å². The van der Waals surface area contributed by atoms with Gasteiger partial charge in [-0.1, -0.05) is 50.1 Å². The molecule has 7 nitrogen and oxygen atoms in total. The molecule has 0 saturated carbocycles. The quantitative estimate of drug-likeness (QED) is 0.323. The average molecular weight is 536 g/mol. The van der Waals surface area contributed by atoms with Gasteiger partial charge in [-0.2, -0.15) is 11.8 Å². The number of carbonyl (C=O) groups excluding carboxylic acids is 3. The number of nitrogens with one attached hydrogen (secondary N) is 2. The van der Waals surface area contributed by atoms with Crippen LogP contribution in [0.2, 0.25) is 0 Å². The van der Waals surface area contributed by atoms with E-state index in [-0.39, 0.29) is 17.9 Å². The Labute approximate surface area is 228 Å². The Morgan fingerprint density at radius 3 is 2.22 bits per heavy atom. The Morgan fingerprint density at radius 1 is 1.05 bits per heavy atom. The van der Waals surface area contributed by atoms with E-state index in [0.29, 0.717) is 18.6 Å². The second-order valence-corrected chi connectivity index (χ2v) is 12.4. The van der Waals surface area contributed by atoms with E-state index in [1.54, 1.807) is 37.4 Å². The highest BCUT2D eigenvalue weighted by Gasteiger charge is 2.43. The van der Waals surface area contributed by atoms with Gasteiger partial charge in [-0.3, -0.25) is 9.59 Å². The van der Waals surface area contributed by atoms with Gasteiger partial charge in [0.25, 0.3) is 0 Å². The molecular weight excluding hydrogens is 486 g/mol. The predicted molar refractivity (Wildman–Crippen MR) is 154 cm³/mol. The summed E-state index contributed by atoms with van der Waals surface area (Å²) in [5.74, 6) is 0.153. The minimum atomic E-state index is -0.848. The van der Waals surface area contributed by atoms with E-state index in [2.05, 4.69) is 17.6 Å². The topological polar surface area (TPSA) is 87.7 Å². The molecular formula is C29H49N3O4S. The van der Waals surface area contributed by atoms with Gasteiger partial charge in [0.1, 0.15) is 17.7 Å². The third-order valence-corrected chi connectivity index (χ3v) is 6.97. The van der Waals surface area contributed by atoms with Gasteiger partial charge in [0.05, 0.1) is 0 Å². The Hall–Kier alpha value is -2.22. The lowest BCUT2D eigenvalue weighted by atomic mass is 9.91. The molecule has 0 spiro atoms. The Morgan fingerprint density at radius 2 is 1.70 bits per heavy atom. The molecule has 0 aliphatic carbocycles. The van der Waals surface area contributed by atoms with Crippen molar-refractivity contribution in [3.05, 3.63) is 35.4 Å². The number of thioether (sulfide) groups is 1. The number of amides is 3. The summed E-state index contributed by atoms with van der Waals surface area (Å²) in [5, 5.41) is 5.94. The molecule has 3 unspecified atom stereocenters. The number of aryl methyl sites for hydroxylation is 1. The molecule has 210 valence electrons. The zero-order valence-electron chi connectivity index (χ0n) is 24.6. The molecule has 0 fully saturated rings. The first kappa shape index (κ1) is 32.8. The zero-order valence-corrected chi connectivity index (χ0v) is 25.4. The largest absolute Gasteiger partial charge is 0.444 e. The minimum Gasteiger partial charge on any atom is -0.444 e. The molecule has 37 heavy (non-hydrogen) atoms. The number of rotatable bonds is 13. The highest BCUT2D eigenvalue weighted by Crippen LogP contribution is 2.33. The molecule has 3 amide bonds. The van der Waals surface area contributed by atoms with E-state index in [1.807, 2.05) is 65.1 Å². The van der Waals surface area contributed by atoms with Crippen LogP contribution < -0.4 is 10.6 Å². The van der Waals surface area contributed by atoms with Crippen LogP contribution in [0.1, 0.15) is 98.2 Å². The number of benzene rings is 1. The summed E-state index contributed by atoms with van der Waals surface area (Å²) in [7, 11) is 0. The molecule has 3 atom stereocenters. The van der Waals surface area contributed by atoms with E-state index < -0.39 is 29.3 Å². The number of ether oxygens (including phenoxy) is 1. The standard InChI is InChI=1S/C29H49N3O4S/c1-11-14-21(4)30-25(33)24(22-16-13-15-20(3)19-22)32(29(8,9)12-2)26(34)23(17-18-37-10)31-27(35)36-28(5,6)7/h13,15-16,19,21,23-24H,11-12,14,17-18H2,1-10H3,(H,30,33)(H,31,35). The molecule has 1 aromatic rings. The lowest BCUT2D eigenvalue weighted by Crippen LogP contribution is -2.59. The molecule has 0 aromatic heterocycles. The first-order chi connectivity index (χ1) is 17.2. The lowest BCUT2D eigenvalue weighted by molar-refractivity contribution is -0.149. The number of hydrogen-bond donors (Lipinski definition) is 2. The number of hydrogen-bond acceptors (Lipinski definition) is 5. The van der Waals surface area contributed by atoms with Crippen molar-refractivity contribution in [1.29, 1.82) is 0 Å². The van der Waals surface area contributed by atoms with Crippen molar-refractivity contribution in [3.63, 3.8) is 0 Å². The molecule has 8 heteroatoms. The average Bonchev–Trinajstić information content (AvgIpc) is 2.78. The second-order valence-electron chi connectivity index (χ2n) is 11.4. The smallest absolute Gasteiger partial charge is 0.408 e. The van der Waals surface area contributed by atoms with Crippen molar-refractivity contribution in [2.75, 3.05) is 12.0 Å². The van der Waals surface area contributed by atoms with Crippen molar-refractivity contribution >= 4 is 29.7 Å². The van der Waals surface area contributed by atoms with Gasteiger partial charge in [0.15, 0.2) is 0 Å². The Bertz CT molecular complexity index is 897. The Balaban J connectivity index is 3.61. The van der Waals surface area contributed by atoms with E-state index in [4.69, 9.17) is 4.74 Å². The van der Waals surface area contributed by atoms with Crippen LogP contribution in [0.15, 0.2) is 24.3 Å². The fraction of sp³-hybridized carbons (Fsp3) is 0.690. The maximum Gasteiger partial charge on any atom is 0.408 e. The van der Waals surface area contributed by atoms with Gasteiger partial charge >= 0.3 is 6.09 Å². The van der Waals surface area contributed by atoms with Crippen LogP contribution in [0, 0.1) is 6.92 Å². The van der Waals surface area contributed by atoms with Crippen LogP contribution in [0.25, 0.3) is 0 Å². The SMILES string of the molecule is CCCC(C)NC(=O)C(c1cccc(C)c1)N(C(=O)C(CCSC)NC(=O)OC(C)(C)C)C(C)(C)CC. The molecule has 0 radical (unpaired) electrons. The molecule has 0 bridgehead atoms. The maximum absolute atomic E-state index is 14.3. The summed E-state index contributed by atoms with van der Waals surface area (Å²) in [5.41, 5.74) is 0.393. The van der Waals surface area contributed by atoms with E-state index in [1.165, 1.54) is 0 Å². The molecule has 2 N–H and O–H groups in total. The maximum atomic E-state index is 14.3. The van der Waals surface area contributed by atoms with Gasteiger partial charge < -0.3 is 20.3 Å². The minimum absolute atomic E-state index is 0.0290. The summed E-state index contributed by atoms with van der Waals surface area (Å²) in [6.07, 6.45) is 4.14. The van der Waals surface area contributed by atoms with Crippen LogP contribution in [0.5, 0.6) is 0 Å². The molecule has 0 aliphatic heterocycles. The predicted octanol–water partition coefficient (Wildman–Crippen LogP) is 6.00. The third-order valence-electron chi connectivity index (χ3n) is 6.33. The fourth-order valence-corrected chi connectivity index (χ4v) is 4.61. The third kappa shape index (κ3) is 10.6. The first-order valence-electron chi connectivity index (χ1n) is 13.3. The van der Waals surface area contributed by atoms with E-state index in [0.717, 1.165) is 24.0 Å². The molecule has 1 aromatic carbocycles. The highest BCUT2D eigenvalue weighted by atomic mass is 32.2. The molecule has 0 heterocycles. The summed E-state index contributed by atoms with van der Waals surface area (Å²) < 4.78 is 5.47. The van der Waals surface area contributed by atoms with Crippen molar-refractivity contribution in [3.8, 4) is 0 Å². The van der Waals surface area contributed by atoms with Gasteiger partial charge in [-0.05, 0) is 85.3 Å². The van der Waals surface area contributed by atoms with Crippen molar-refractivity contribution in [2.45, 2.75) is 117 Å². The monoisotopic (exact) mass is 535 g/mol. The molecule has 1 rings (SSSR count). The summed E-state index contributed by atoms with van der Waals surface area (Å²) >= 11 is 1.60. The second kappa shape index (κ2) is 14.6. The van der Waals surface area contributed by atoms with Crippen molar-refractivity contribution in [2.24, 2.45) is 0 Å². The summed E-state index contributed by atoms with van der Waals surface area (Å²) in [4.78, 5) is 42.6. The number of alkyl carbamates (subject to hydrolysis) is 1. The highest BCUT2D eigenvalue weighted by molar-refractivity contribution is 7.98. The first-order valence-corrected chi connectivity index (χ1v) is 14.7. The van der Waals surface area contributed by atoms with Gasteiger partial charge in [0, 0.05) is 11.6 Å². The summed E-state index contributed by atoms with van der Waals surface area (Å²) in [6.45, 7) is 17.3. The van der Waals surface area contributed by atoms with Crippen molar-refractivity contribution in [1.82, 2.24) is 15.5 Å². The van der Waals surface area contributed by atoms with Gasteiger partial charge in [-0.15, -0.1) is 0 Å². The lowest BCUT2D eigenvalue weighted by Gasteiger charge is -2.45. The normalized spacial score (nSPS) is 14.3. The summed E-state index contributed by atoms with van der Waals surface area (Å²) in [6, 6.07) is 6.02. The van der Waals surface area contributed by atoms with E-state index >= 15 is 0 Å². The van der Waals surface area contributed by atoms with Crippen molar-refractivity contribution < 1.29 is 19.1 Å². The molecule has 0 saturated heterocycles. The van der Waals surface area contributed by atoms with Crippen LogP contribution in [-0.2, 0) is 14.3 Å². The van der Waals surface area contributed by atoms with Crippen LogP contribution in [-0.4, -0.2) is 58.0 Å². The molecule has 0 aliphatic rings. The Kier molecular flexibility index (Phi) is 13.0. The zero-order chi connectivity index (χ0) is 28.4. The number of carbonyl (C=O) groups is 3.